The summed E-state index contributed by atoms with van der Waals surface area (Å²) in [5.74, 6) is 0.0142. The summed E-state index contributed by atoms with van der Waals surface area (Å²) >= 11 is 0. The summed E-state index contributed by atoms with van der Waals surface area (Å²) in [5.41, 5.74) is 1.81. The van der Waals surface area contributed by atoms with E-state index in [0.29, 0.717) is 6.61 Å². The number of hydrogen-bond acceptors (Lipinski definition) is 3. The summed E-state index contributed by atoms with van der Waals surface area (Å²) in [5, 5.41) is 9.02. The molecule has 4 nitrogen and oxygen atoms in total. The van der Waals surface area contributed by atoms with Crippen molar-refractivity contribution in [3.8, 4) is 5.75 Å². The minimum atomic E-state index is -0.758. The van der Waals surface area contributed by atoms with Crippen molar-refractivity contribution in [2.24, 2.45) is 0 Å². The average molecular weight is 250 g/mol. The van der Waals surface area contributed by atoms with Crippen LogP contribution in [0.2, 0.25) is 0 Å². The SMILES string of the molecule is COCc1ccc(OC)c(C2(CC(=O)O)CC2)c1. The first-order valence-corrected chi connectivity index (χ1v) is 5.99. The maximum Gasteiger partial charge on any atom is 0.304 e. The molecule has 1 fully saturated rings. The van der Waals surface area contributed by atoms with Gasteiger partial charge in [0.1, 0.15) is 5.75 Å². The molecule has 1 aromatic carbocycles. The molecule has 0 aliphatic heterocycles. The second kappa shape index (κ2) is 4.98. The molecule has 0 unspecified atom stereocenters. The molecule has 0 bridgehead atoms. The Morgan fingerprint density at radius 1 is 1.39 bits per heavy atom. The zero-order valence-electron chi connectivity index (χ0n) is 10.7. The third-order valence-electron chi connectivity index (χ3n) is 3.49. The molecule has 0 radical (unpaired) electrons. The number of benzene rings is 1. The summed E-state index contributed by atoms with van der Waals surface area (Å²) in [7, 11) is 3.26. The van der Waals surface area contributed by atoms with Crippen LogP contribution in [0.5, 0.6) is 5.75 Å². The zero-order chi connectivity index (χ0) is 13.2. The highest BCUT2D eigenvalue weighted by Crippen LogP contribution is 2.54. The molecule has 1 saturated carbocycles. The molecule has 4 heteroatoms. The molecular formula is C14H18O4. The first-order chi connectivity index (χ1) is 8.61. The van der Waals surface area contributed by atoms with Gasteiger partial charge in [0.2, 0.25) is 0 Å². The average Bonchev–Trinajstić information content (AvgIpc) is 3.09. The highest BCUT2D eigenvalue weighted by Gasteiger charge is 2.47. The summed E-state index contributed by atoms with van der Waals surface area (Å²) in [6, 6.07) is 5.85. The van der Waals surface area contributed by atoms with Crippen molar-refractivity contribution in [3.05, 3.63) is 29.3 Å². The monoisotopic (exact) mass is 250 g/mol. The van der Waals surface area contributed by atoms with Gasteiger partial charge in [0, 0.05) is 18.1 Å². The van der Waals surface area contributed by atoms with Crippen molar-refractivity contribution in [2.75, 3.05) is 14.2 Å². The highest BCUT2D eigenvalue weighted by molar-refractivity contribution is 5.70. The third kappa shape index (κ3) is 2.48. The van der Waals surface area contributed by atoms with Gasteiger partial charge in [-0.25, -0.2) is 0 Å². The van der Waals surface area contributed by atoms with Gasteiger partial charge in [0.15, 0.2) is 0 Å². The molecule has 1 aromatic rings. The number of carbonyl (C=O) groups is 1. The second-order valence-corrected chi connectivity index (χ2v) is 4.82. The second-order valence-electron chi connectivity index (χ2n) is 4.82. The highest BCUT2D eigenvalue weighted by atomic mass is 16.5. The van der Waals surface area contributed by atoms with Crippen LogP contribution >= 0.6 is 0 Å². The van der Waals surface area contributed by atoms with E-state index in [9.17, 15) is 4.79 Å². The lowest BCUT2D eigenvalue weighted by molar-refractivity contribution is -0.137. The lowest BCUT2D eigenvalue weighted by Crippen LogP contribution is -2.14. The fourth-order valence-corrected chi connectivity index (χ4v) is 2.41. The van der Waals surface area contributed by atoms with Crippen LogP contribution in [-0.2, 0) is 21.6 Å². The van der Waals surface area contributed by atoms with Gasteiger partial charge in [-0.05, 0) is 30.5 Å². The van der Waals surface area contributed by atoms with Crippen LogP contribution in [0.3, 0.4) is 0 Å². The molecule has 1 aliphatic carbocycles. The van der Waals surface area contributed by atoms with Crippen LogP contribution in [0.15, 0.2) is 18.2 Å². The van der Waals surface area contributed by atoms with Gasteiger partial charge < -0.3 is 14.6 Å². The molecule has 1 N–H and O–H groups in total. The van der Waals surface area contributed by atoms with Crippen LogP contribution in [-0.4, -0.2) is 25.3 Å². The van der Waals surface area contributed by atoms with Gasteiger partial charge in [-0.15, -0.1) is 0 Å². The molecule has 0 saturated heterocycles. The molecule has 2 rings (SSSR count). The number of carboxylic acid groups (broad SMARTS) is 1. The smallest absolute Gasteiger partial charge is 0.304 e. The van der Waals surface area contributed by atoms with Gasteiger partial charge in [0.05, 0.1) is 20.1 Å². The Kier molecular flexibility index (Phi) is 3.57. The number of ether oxygens (including phenoxy) is 2. The first-order valence-electron chi connectivity index (χ1n) is 5.99. The molecule has 0 atom stereocenters. The Bertz CT molecular complexity index is 449. The van der Waals surface area contributed by atoms with Gasteiger partial charge in [0.25, 0.3) is 0 Å². The summed E-state index contributed by atoms with van der Waals surface area (Å²) in [4.78, 5) is 11.0. The normalized spacial score (nSPS) is 16.3. The summed E-state index contributed by atoms with van der Waals surface area (Å²) in [6.07, 6.45) is 1.98. The Balaban J connectivity index is 2.35. The van der Waals surface area contributed by atoms with Crippen LogP contribution in [0.1, 0.15) is 30.4 Å². The van der Waals surface area contributed by atoms with E-state index >= 15 is 0 Å². The number of aliphatic carboxylic acids is 1. The minimum Gasteiger partial charge on any atom is -0.496 e. The molecule has 0 spiro atoms. The molecule has 0 heterocycles. The van der Waals surface area contributed by atoms with E-state index in [-0.39, 0.29) is 11.8 Å². The maximum absolute atomic E-state index is 11.0. The predicted octanol–water partition coefficient (Wildman–Crippen LogP) is 2.35. The molecule has 0 amide bonds. The van der Waals surface area contributed by atoms with E-state index < -0.39 is 5.97 Å². The molecule has 18 heavy (non-hydrogen) atoms. The number of hydrogen-bond donors (Lipinski definition) is 1. The summed E-state index contributed by atoms with van der Waals surface area (Å²) in [6.45, 7) is 0.528. The van der Waals surface area contributed by atoms with Gasteiger partial charge in [-0.1, -0.05) is 6.07 Å². The largest absolute Gasteiger partial charge is 0.496 e. The first kappa shape index (κ1) is 12.9. The van der Waals surface area contributed by atoms with Crippen LogP contribution in [0.4, 0.5) is 0 Å². The molecular weight excluding hydrogens is 232 g/mol. The van der Waals surface area contributed by atoms with E-state index in [0.717, 1.165) is 29.7 Å². The predicted molar refractivity (Wildman–Crippen MR) is 66.9 cm³/mol. The van der Waals surface area contributed by atoms with Crippen molar-refractivity contribution in [3.63, 3.8) is 0 Å². The van der Waals surface area contributed by atoms with Crippen molar-refractivity contribution in [1.29, 1.82) is 0 Å². The van der Waals surface area contributed by atoms with E-state index in [1.165, 1.54) is 0 Å². The quantitative estimate of drug-likeness (QED) is 0.842. The van der Waals surface area contributed by atoms with Crippen molar-refractivity contribution in [2.45, 2.75) is 31.3 Å². The third-order valence-corrected chi connectivity index (χ3v) is 3.49. The lowest BCUT2D eigenvalue weighted by Gasteiger charge is -2.18. The van der Waals surface area contributed by atoms with Crippen LogP contribution in [0.25, 0.3) is 0 Å². The Labute approximate surface area is 107 Å². The summed E-state index contributed by atoms with van der Waals surface area (Å²) < 4.78 is 10.5. The van der Waals surface area contributed by atoms with E-state index in [1.54, 1.807) is 14.2 Å². The van der Waals surface area contributed by atoms with Gasteiger partial charge >= 0.3 is 5.97 Å². The number of carboxylic acids is 1. The molecule has 0 aromatic heterocycles. The van der Waals surface area contributed by atoms with Crippen molar-refractivity contribution < 1.29 is 19.4 Å². The fraction of sp³-hybridized carbons (Fsp3) is 0.500. The molecule has 98 valence electrons. The number of methoxy groups -OCH3 is 2. The van der Waals surface area contributed by atoms with E-state index in [1.807, 2.05) is 18.2 Å². The van der Waals surface area contributed by atoms with Crippen molar-refractivity contribution in [1.82, 2.24) is 0 Å². The van der Waals surface area contributed by atoms with Crippen LogP contribution < -0.4 is 4.74 Å². The van der Waals surface area contributed by atoms with Gasteiger partial charge in [-0.2, -0.15) is 0 Å². The minimum absolute atomic E-state index is 0.166. The van der Waals surface area contributed by atoms with Crippen LogP contribution in [0, 0.1) is 0 Å². The standard InChI is InChI=1S/C14H18O4/c1-17-9-10-3-4-12(18-2)11(7-10)14(5-6-14)8-13(15)16/h3-4,7H,5-6,8-9H2,1-2H3,(H,15,16). The maximum atomic E-state index is 11.0. The molecule has 1 aliphatic rings. The Hall–Kier alpha value is -1.55. The Morgan fingerprint density at radius 2 is 2.11 bits per heavy atom. The van der Waals surface area contributed by atoms with E-state index in [2.05, 4.69) is 0 Å². The lowest BCUT2D eigenvalue weighted by atomic mass is 9.90. The van der Waals surface area contributed by atoms with Crippen molar-refractivity contribution >= 4 is 5.97 Å². The zero-order valence-corrected chi connectivity index (χ0v) is 10.7. The van der Waals surface area contributed by atoms with E-state index in [4.69, 9.17) is 14.6 Å². The van der Waals surface area contributed by atoms with Gasteiger partial charge in [-0.3, -0.25) is 4.79 Å². The fourth-order valence-electron chi connectivity index (χ4n) is 2.41. The number of rotatable bonds is 6. The topological polar surface area (TPSA) is 55.8 Å². The Morgan fingerprint density at radius 3 is 2.61 bits per heavy atom.